The van der Waals surface area contributed by atoms with Crippen molar-refractivity contribution in [3.05, 3.63) is 0 Å². The molecule has 0 aromatic heterocycles. The van der Waals surface area contributed by atoms with E-state index in [-0.39, 0.29) is 25.0 Å². The van der Waals surface area contributed by atoms with Crippen LogP contribution in [0.3, 0.4) is 0 Å². The number of likely N-dealkylation sites (tertiary alicyclic amines) is 2. The summed E-state index contributed by atoms with van der Waals surface area (Å²) in [6.07, 6.45) is 4.74. The number of hydrogen-bond donors (Lipinski definition) is 0. The molecule has 21 heavy (non-hydrogen) atoms. The molecule has 0 aromatic carbocycles. The average molecular weight is 295 g/mol. The lowest BCUT2D eigenvalue weighted by atomic mass is 10.2. The normalized spacial score (nSPS) is 27.6. The van der Waals surface area contributed by atoms with Gasteiger partial charge in [0.1, 0.15) is 6.61 Å². The molecular weight excluding hydrogens is 270 g/mol. The van der Waals surface area contributed by atoms with Crippen molar-refractivity contribution in [1.82, 2.24) is 14.7 Å². The van der Waals surface area contributed by atoms with Crippen LogP contribution in [-0.2, 0) is 14.3 Å². The molecule has 3 saturated heterocycles. The lowest BCUT2D eigenvalue weighted by molar-refractivity contribution is -0.148. The van der Waals surface area contributed by atoms with Crippen LogP contribution >= 0.6 is 0 Å². The van der Waals surface area contributed by atoms with Gasteiger partial charge < -0.3 is 19.4 Å². The maximum Gasteiger partial charge on any atom is 0.249 e. The zero-order valence-corrected chi connectivity index (χ0v) is 12.6. The smallest absolute Gasteiger partial charge is 0.249 e. The monoisotopic (exact) mass is 295 g/mol. The van der Waals surface area contributed by atoms with E-state index in [1.165, 1.54) is 25.9 Å². The predicted molar refractivity (Wildman–Crippen MR) is 77.8 cm³/mol. The number of carbonyl (C=O) groups is 2. The Kier molecular flexibility index (Phi) is 4.75. The molecule has 0 saturated carbocycles. The molecule has 3 aliphatic rings. The second kappa shape index (κ2) is 6.75. The molecule has 3 fully saturated rings. The highest BCUT2D eigenvalue weighted by Gasteiger charge is 2.32. The van der Waals surface area contributed by atoms with Crippen LogP contribution in [0.25, 0.3) is 0 Å². The first-order valence-corrected chi connectivity index (χ1v) is 8.11. The first-order valence-electron chi connectivity index (χ1n) is 8.11. The van der Waals surface area contributed by atoms with Crippen LogP contribution < -0.4 is 0 Å². The molecule has 1 atom stereocenters. The van der Waals surface area contributed by atoms with Crippen LogP contribution in [-0.4, -0.2) is 85.0 Å². The van der Waals surface area contributed by atoms with Crippen LogP contribution in [0, 0.1) is 0 Å². The lowest BCUT2D eigenvalue weighted by Gasteiger charge is -2.32. The molecule has 0 bridgehead atoms. The van der Waals surface area contributed by atoms with Gasteiger partial charge in [0.05, 0.1) is 13.2 Å². The number of ether oxygens (including phenoxy) is 1. The number of carbonyl (C=O) groups excluding carboxylic acids is 2. The Labute approximate surface area is 126 Å². The predicted octanol–water partition coefficient (Wildman–Crippen LogP) is -0.0680. The van der Waals surface area contributed by atoms with Gasteiger partial charge in [-0.15, -0.1) is 0 Å². The number of rotatable bonds is 4. The van der Waals surface area contributed by atoms with Crippen molar-refractivity contribution in [2.24, 2.45) is 0 Å². The zero-order valence-electron chi connectivity index (χ0n) is 12.6. The SMILES string of the molecule is O=C1COCCN1CC(=O)N1CCCC1CN1CCCC1. The first kappa shape index (κ1) is 14.8. The van der Waals surface area contributed by atoms with E-state index in [9.17, 15) is 9.59 Å². The summed E-state index contributed by atoms with van der Waals surface area (Å²) in [5.74, 6) is 0.0387. The zero-order chi connectivity index (χ0) is 14.7. The second-order valence-electron chi connectivity index (χ2n) is 6.26. The molecule has 3 heterocycles. The Hall–Kier alpha value is -1.14. The molecule has 0 N–H and O–H groups in total. The van der Waals surface area contributed by atoms with E-state index in [4.69, 9.17) is 4.74 Å². The van der Waals surface area contributed by atoms with Gasteiger partial charge >= 0.3 is 0 Å². The van der Waals surface area contributed by atoms with E-state index in [0.717, 1.165) is 25.9 Å². The summed E-state index contributed by atoms with van der Waals surface area (Å²) in [6.45, 7) is 5.59. The van der Waals surface area contributed by atoms with Crippen LogP contribution in [0.5, 0.6) is 0 Å². The standard InChI is InChI=1S/C15H25N3O3/c19-14(11-17-8-9-21-12-15(17)20)18-7-3-4-13(18)10-16-5-1-2-6-16/h13H,1-12H2. The van der Waals surface area contributed by atoms with Gasteiger partial charge in [0.15, 0.2) is 0 Å². The molecule has 0 spiro atoms. The summed E-state index contributed by atoms with van der Waals surface area (Å²) in [5.41, 5.74) is 0. The molecule has 118 valence electrons. The van der Waals surface area contributed by atoms with Crippen molar-refractivity contribution in [3.63, 3.8) is 0 Å². The maximum absolute atomic E-state index is 12.5. The van der Waals surface area contributed by atoms with Crippen molar-refractivity contribution in [2.45, 2.75) is 31.7 Å². The largest absolute Gasteiger partial charge is 0.370 e. The minimum atomic E-state index is -0.0649. The molecule has 6 heteroatoms. The quantitative estimate of drug-likeness (QED) is 0.729. The third-order valence-corrected chi connectivity index (χ3v) is 4.78. The lowest BCUT2D eigenvalue weighted by Crippen LogP contribution is -2.50. The number of morpholine rings is 1. The third-order valence-electron chi connectivity index (χ3n) is 4.78. The minimum absolute atomic E-state index is 0.0649. The van der Waals surface area contributed by atoms with E-state index >= 15 is 0 Å². The molecule has 0 aromatic rings. The van der Waals surface area contributed by atoms with Gasteiger partial charge in [0, 0.05) is 25.7 Å². The summed E-state index contributed by atoms with van der Waals surface area (Å²) >= 11 is 0. The van der Waals surface area contributed by atoms with Crippen molar-refractivity contribution < 1.29 is 14.3 Å². The highest BCUT2D eigenvalue weighted by molar-refractivity contribution is 5.86. The summed E-state index contributed by atoms with van der Waals surface area (Å²) in [6, 6.07) is 0.340. The molecule has 0 aliphatic carbocycles. The summed E-state index contributed by atoms with van der Waals surface area (Å²) in [5, 5.41) is 0. The van der Waals surface area contributed by atoms with Gasteiger partial charge in [-0.1, -0.05) is 0 Å². The van der Waals surface area contributed by atoms with Gasteiger partial charge in [0.25, 0.3) is 0 Å². The Morgan fingerprint density at radius 3 is 2.71 bits per heavy atom. The van der Waals surface area contributed by atoms with Crippen molar-refractivity contribution in [2.75, 3.05) is 52.5 Å². The Morgan fingerprint density at radius 2 is 1.95 bits per heavy atom. The fourth-order valence-corrected chi connectivity index (χ4v) is 3.59. The van der Waals surface area contributed by atoms with Gasteiger partial charge in [-0.25, -0.2) is 0 Å². The van der Waals surface area contributed by atoms with Gasteiger partial charge in [-0.3, -0.25) is 9.59 Å². The summed E-state index contributed by atoms with van der Waals surface area (Å²) in [4.78, 5) is 30.3. The molecule has 0 radical (unpaired) electrons. The van der Waals surface area contributed by atoms with Gasteiger partial charge in [-0.2, -0.15) is 0 Å². The van der Waals surface area contributed by atoms with E-state index in [2.05, 4.69) is 4.90 Å². The number of nitrogens with zero attached hydrogens (tertiary/aromatic N) is 3. The molecule has 2 amide bonds. The topological polar surface area (TPSA) is 53.1 Å². The van der Waals surface area contributed by atoms with E-state index < -0.39 is 0 Å². The van der Waals surface area contributed by atoms with Crippen LogP contribution in [0.4, 0.5) is 0 Å². The number of hydrogen-bond acceptors (Lipinski definition) is 4. The molecular formula is C15H25N3O3. The molecule has 1 unspecified atom stereocenters. The van der Waals surface area contributed by atoms with Crippen LogP contribution in [0.15, 0.2) is 0 Å². The molecule has 6 nitrogen and oxygen atoms in total. The van der Waals surface area contributed by atoms with Gasteiger partial charge in [0.2, 0.25) is 11.8 Å². The van der Waals surface area contributed by atoms with E-state index in [1.807, 2.05) is 4.90 Å². The Bertz CT molecular complexity index is 396. The van der Waals surface area contributed by atoms with Crippen LogP contribution in [0.2, 0.25) is 0 Å². The van der Waals surface area contributed by atoms with Crippen molar-refractivity contribution >= 4 is 11.8 Å². The summed E-state index contributed by atoms with van der Waals surface area (Å²) < 4.78 is 5.11. The maximum atomic E-state index is 12.5. The fourth-order valence-electron chi connectivity index (χ4n) is 3.59. The van der Waals surface area contributed by atoms with Crippen molar-refractivity contribution in [3.8, 4) is 0 Å². The molecule has 3 rings (SSSR count). The third kappa shape index (κ3) is 3.55. The van der Waals surface area contributed by atoms with E-state index in [0.29, 0.717) is 19.2 Å². The van der Waals surface area contributed by atoms with Crippen LogP contribution in [0.1, 0.15) is 25.7 Å². The summed E-state index contributed by atoms with van der Waals surface area (Å²) in [7, 11) is 0. The Balaban J connectivity index is 1.53. The second-order valence-corrected chi connectivity index (χ2v) is 6.26. The molecule has 3 aliphatic heterocycles. The van der Waals surface area contributed by atoms with Crippen molar-refractivity contribution in [1.29, 1.82) is 0 Å². The Morgan fingerprint density at radius 1 is 1.14 bits per heavy atom. The fraction of sp³-hybridized carbons (Fsp3) is 0.867. The highest BCUT2D eigenvalue weighted by Crippen LogP contribution is 2.20. The first-order chi connectivity index (χ1) is 10.2. The number of amides is 2. The highest BCUT2D eigenvalue weighted by atomic mass is 16.5. The van der Waals surface area contributed by atoms with E-state index in [1.54, 1.807) is 4.90 Å². The van der Waals surface area contributed by atoms with Gasteiger partial charge in [-0.05, 0) is 38.8 Å². The minimum Gasteiger partial charge on any atom is -0.370 e. The average Bonchev–Trinajstić information content (AvgIpc) is 3.13.